The Morgan fingerprint density at radius 2 is 1.34 bits per heavy atom. The maximum atomic E-state index is 12.1. The second kappa shape index (κ2) is 8.24. The van der Waals surface area contributed by atoms with E-state index in [4.69, 9.17) is 4.74 Å². The van der Waals surface area contributed by atoms with Crippen molar-refractivity contribution in [1.82, 2.24) is 0 Å². The fourth-order valence-corrected chi connectivity index (χ4v) is 3.34. The van der Waals surface area contributed by atoms with Crippen LogP contribution >= 0.6 is 0 Å². The molecule has 0 radical (unpaired) electrons. The zero-order valence-corrected chi connectivity index (χ0v) is 18.3. The highest BCUT2D eigenvalue weighted by atomic mass is 16.5. The van der Waals surface area contributed by atoms with Gasteiger partial charge in [-0.25, -0.2) is 0 Å². The Kier molecular flexibility index (Phi) is 5.93. The van der Waals surface area contributed by atoms with Crippen LogP contribution in [0.3, 0.4) is 0 Å². The van der Waals surface area contributed by atoms with Crippen molar-refractivity contribution in [3.63, 3.8) is 0 Å². The highest BCUT2D eigenvalue weighted by Gasteiger charge is 2.23. The molecule has 0 atom stereocenters. The second-order valence-electron chi connectivity index (χ2n) is 8.70. The normalized spacial score (nSPS) is 11.4. The van der Waals surface area contributed by atoms with Gasteiger partial charge < -0.3 is 4.74 Å². The van der Waals surface area contributed by atoms with E-state index >= 15 is 0 Å². The zero-order valence-electron chi connectivity index (χ0n) is 18.3. The summed E-state index contributed by atoms with van der Waals surface area (Å²) in [4.78, 5) is 12.1. The molecule has 2 nitrogen and oxygen atoms in total. The van der Waals surface area contributed by atoms with Gasteiger partial charge in [0, 0.05) is 0 Å². The monoisotopic (exact) mass is 386 g/mol. The SMILES string of the molecule is CCc1ccc(-c2ccc(-c3ccc(OC(=O)C(C)(C)C)cc3C)c(C)c2)cc1. The number of hydrogen-bond donors (Lipinski definition) is 0. The topological polar surface area (TPSA) is 26.3 Å². The number of carbonyl (C=O) groups is 1. The van der Waals surface area contributed by atoms with Gasteiger partial charge in [-0.1, -0.05) is 55.5 Å². The van der Waals surface area contributed by atoms with Crippen LogP contribution in [0.25, 0.3) is 22.3 Å². The van der Waals surface area contributed by atoms with Gasteiger partial charge in [0.15, 0.2) is 0 Å². The second-order valence-corrected chi connectivity index (χ2v) is 8.70. The number of hydrogen-bond acceptors (Lipinski definition) is 2. The first-order valence-corrected chi connectivity index (χ1v) is 10.2. The molecular formula is C27H30O2. The van der Waals surface area contributed by atoms with Crippen LogP contribution in [0, 0.1) is 19.3 Å². The van der Waals surface area contributed by atoms with Gasteiger partial charge in [0.2, 0.25) is 0 Å². The van der Waals surface area contributed by atoms with Gasteiger partial charge in [-0.15, -0.1) is 0 Å². The van der Waals surface area contributed by atoms with Crippen molar-refractivity contribution in [1.29, 1.82) is 0 Å². The van der Waals surface area contributed by atoms with Gasteiger partial charge in [-0.2, -0.15) is 0 Å². The van der Waals surface area contributed by atoms with Gasteiger partial charge in [-0.05, 0) is 92.1 Å². The van der Waals surface area contributed by atoms with Crippen LogP contribution in [0.1, 0.15) is 44.4 Å². The van der Waals surface area contributed by atoms with Crippen LogP contribution in [0.4, 0.5) is 0 Å². The predicted octanol–water partition coefficient (Wildman–Crippen LogP) is 7.15. The van der Waals surface area contributed by atoms with Crippen molar-refractivity contribution in [2.24, 2.45) is 5.41 Å². The van der Waals surface area contributed by atoms with Gasteiger partial charge in [0.05, 0.1) is 5.41 Å². The lowest BCUT2D eigenvalue weighted by atomic mass is 9.93. The van der Waals surface area contributed by atoms with Crippen LogP contribution in [0.2, 0.25) is 0 Å². The van der Waals surface area contributed by atoms with Crippen LogP contribution in [0.15, 0.2) is 60.7 Å². The number of ether oxygens (including phenoxy) is 1. The molecule has 0 unspecified atom stereocenters. The first-order valence-electron chi connectivity index (χ1n) is 10.2. The van der Waals surface area contributed by atoms with Crippen molar-refractivity contribution >= 4 is 5.97 Å². The summed E-state index contributed by atoms with van der Waals surface area (Å²) < 4.78 is 5.54. The van der Waals surface area contributed by atoms with Crippen LogP contribution < -0.4 is 4.74 Å². The van der Waals surface area contributed by atoms with Crippen molar-refractivity contribution < 1.29 is 9.53 Å². The van der Waals surface area contributed by atoms with E-state index in [2.05, 4.69) is 63.2 Å². The molecule has 0 saturated carbocycles. The van der Waals surface area contributed by atoms with Gasteiger partial charge >= 0.3 is 5.97 Å². The lowest BCUT2D eigenvalue weighted by Gasteiger charge is -2.17. The van der Waals surface area contributed by atoms with E-state index in [1.807, 2.05) is 39.0 Å². The average molecular weight is 387 g/mol. The Labute approximate surface area is 174 Å². The van der Waals surface area contributed by atoms with E-state index in [1.165, 1.54) is 27.8 Å². The van der Waals surface area contributed by atoms with Gasteiger partial charge in [0.1, 0.15) is 5.75 Å². The first-order chi connectivity index (χ1) is 13.7. The molecule has 0 bridgehead atoms. The summed E-state index contributed by atoms with van der Waals surface area (Å²) in [6.07, 6.45) is 1.05. The molecule has 29 heavy (non-hydrogen) atoms. The van der Waals surface area contributed by atoms with E-state index in [0.29, 0.717) is 5.75 Å². The summed E-state index contributed by atoms with van der Waals surface area (Å²) in [5.74, 6) is 0.371. The lowest BCUT2D eigenvalue weighted by molar-refractivity contribution is -0.142. The van der Waals surface area contributed by atoms with Gasteiger partial charge in [-0.3, -0.25) is 4.79 Å². The minimum Gasteiger partial charge on any atom is -0.426 e. The molecule has 0 aliphatic rings. The van der Waals surface area contributed by atoms with Gasteiger partial charge in [0.25, 0.3) is 0 Å². The third-order valence-corrected chi connectivity index (χ3v) is 5.23. The Balaban J connectivity index is 1.87. The molecule has 0 N–H and O–H groups in total. The standard InChI is InChI=1S/C27H30O2/c1-7-20-8-10-21(11-9-20)22-12-14-24(18(2)16-22)25-15-13-23(17-19(25)3)29-26(28)27(4,5)6/h8-17H,7H2,1-6H3. The van der Waals surface area contributed by atoms with Crippen LogP contribution in [0.5, 0.6) is 5.75 Å². The molecule has 150 valence electrons. The molecule has 0 aliphatic heterocycles. The molecule has 3 rings (SSSR count). The summed E-state index contributed by atoms with van der Waals surface area (Å²) in [5.41, 5.74) is 7.97. The third kappa shape index (κ3) is 4.76. The molecule has 0 heterocycles. The highest BCUT2D eigenvalue weighted by molar-refractivity contribution is 5.79. The third-order valence-electron chi connectivity index (χ3n) is 5.23. The maximum Gasteiger partial charge on any atom is 0.316 e. The van der Waals surface area contributed by atoms with E-state index in [-0.39, 0.29) is 5.97 Å². The minimum atomic E-state index is -0.520. The predicted molar refractivity (Wildman–Crippen MR) is 121 cm³/mol. The lowest BCUT2D eigenvalue weighted by Crippen LogP contribution is -2.25. The van der Waals surface area contributed by atoms with E-state index in [0.717, 1.165) is 17.5 Å². The van der Waals surface area contributed by atoms with E-state index in [9.17, 15) is 4.79 Å². The average Bonchev–Trinajstić information content (AvgIpc) is 2.68. The highest BCUT2D eigenvalue weighted by Crippen LogP contribution is 2.33. The van der Waals surface area contributed by atoms with E-state index < -0.39 is 5.41 Å². The Morgan fingerprint density at radius 1 is 0.793 bits per heavy atom. The number of esters is 1. The Hall–Kier alpha value is -2.87. The summed E-state index contributed by atoms with van der Waals surface area (Å²) >= 11 is 0. The number of benzene rings is 3. The summed E-state index contributed by atoms with van der Waals surface area (Å²) in [6.45, 7) is 11.9. The Bertz CT molecular complexity index is 1020. The van der Waals surface area contributed by atoms with Crippen molar-refractivity contribution in [3.8, 4) is 28.0 Å². The molecule has 0 aromatic heterocycles. The molecule has 2 heteroatoms. The number of carbonyl (C=O) groups excluding carboxylic acids is 1. The summed E-state index contributed by atoms with van der Waals surface area (Å²) in [7, 11) is 0. The molecule has 0 amide bonds. The summed E-state index contributed by atoms with van der Waals surface area (Å²) in [6, 6.07) is 21.2. The molecule has 3 aromatic carbocycles. The quantitative estimate of drug-likeness (QED) is 0.351. The van der Waals surface area contributed by atoms with Crippen molar-refractivity contribution in [2.45, 2.75) is 48.0 Å². The maximum absolute atomic E-state index is 12.1. The fourth-order valence-electron chi connectivity index (χ4n) is 3.34. The molecule has 0 spiro atoms. The molecule has 0 saturated heterocycles. The smallest absolute Gasteiger partial charge is 0.316 e. The molecule has 3 aromatic rings. The molecular weight excluding hydrogens is 356 g/mol. The van der Waals surface area contributed by atoms with Crippen molar-refractivity contribution in [2.75, 3.05) is 0 Å². The number of rotatable bonds is 4. The van der Waals surface area contributed by atoms with Crippen LogP contribution in [-0.2, 0) is 11.2 Å². The Morgan fingerprint density at radius 3 is 1.86 bits per heavy atom. The fraction of sp³-hybridized carbons (Fsp3) is 0.296. The first kappa shape index (κ1) is 20.9. The van der Waals surface area contributed by atoms with Crippen LogP contribution in [-0.4, -0.2) is 5.97 Å². The summed E-state index contributed by atoms with van der Waals surface area (Å²) in [5, 5.41) is 0. The largest absolute Gasteiger partial charge is 0.426 e. The van der Waals surface area contributed by atoms with E-state index in [1.54, 1.807) is 0 Å². The molecule has 0 fully saturated rings. The minimum absolute atomic E-state index is 0.223. The molecule has 0 aliphatic carbocycles. The van der Waals surface area contributed by atoms with Crippen molar-refractivity contribution in [3.05, 3.63) is 77.4 Å². The zero-order chi connectivity index (χ0) is 21.2. The number of aryl methyl sites for hydroxylation is 3.